The minimum absolute atomic E-state index is 0.195. The molecule has 186 valence electrons. The van der Waals surface area contributed by atoms with Gasteiger partial charge in [0.1, 0.15) is 11.6 Å². The number of para-hydroxylation sites is 2. The SMILES string of the molecule is Oc1ccccc1-c1nc(-c2cccc(N(c3ccccc3)c3ccccn3)c2)nc2c1sc1ccccc12. The molecule has 0 aliphatic carbocycles. The van der Waals surface area contributed by atoms with Crippen molar-refractivity contribution < 1.29 is 5.11 Å². The highest BCUT2D eigenvalue weighted by atomic mass is 32.1. The van der Waals surface area contributed by atoms with Crippen molar-refractivity contribution >= 4 is 48.8 Å². The number of fused-ring (bicyclic) bond motifs is 3. The Balaban J connectivity index is 1.45. The average molecular weight is 523 g/mol. The van der Waals surface area contributed by atoms with Crippen LogP contribution in [0.3, 0.4) is 0 Å². The van der Waals surface area contributed by atoms with Crippen LogP contribution in [0.2, 0.25) is 0 Å². The molecular formula is C33H22N4OS. The molecule has 0 aliphatic heterocycles. The van der Waals surface area contributed by atoms with Crippen molar-refractivity contribution in [2.24, 2.45) is 0 Å². The fraction of sp³-hybridized carbons (Fsp3) is 0. The number of anilines is 3. The van der Waals surface area contributed by atoms with Crippen LogP contribution >= 0.6 is 11.3 Å². The number of rotatable bonds is 5. The fourth-order valence-corrected chi connectivity index (χ4v) is 5.98. The Morgan fingerprint density at radius 1 is 0.667 bits per heavy atom. The molecule has 7 rings (SSSR count). The maximum absolute atomic E-state index is 10.8. The number of aromatic nitrogens is 3. The number of hydrogen-bond acceptors (Lipinski definition) is 6. The van der Waals surface area contributed by atoms with Gasteiger partial charge >= 0.3 is 0 Å². The highest BCUT2D eigenvalue weighted by molar-refractivity contribution is 7.26. The molecule has 39 heavy (non-hydrogen) atoms. The first-order valence-electron chi connectivity index (χ1n) is 12.6. The molecule has 1 N–H and O–H groups in total. The summed E-state index contributed by atoms with van der Waals surface area (Å²) in [4.78, 5) is 16.9. The number of nitrogens with zero attached hydrogens (tertiary/aromatic N) is 4. The largest absolute Gasteiger partial charge is 0.507 e. The Labute approximate surface area is 229 Å². The van der Waals surface area contributed by atoms with Gasteiger partial charge in [-0.1, -0.05) is 66.7 Å². The van der Waals surface area contributed by atoms with Crippen LogP contribution in [0, 0.1) is 0 Å². The molecule has 0 spiro atoms. The van der Waals surface area contributed by atoms with Crippen LogP contribution < -0.4 is 4.90 Å². The Kier molecular flexibility index (Phi) is 5.72. The smallest absolute Gasteiger partial charge is 0.160 e. The molecule has 0 saturated heterocycles. The lowest BCUT2D eigenvalue weighted by molar-refractivity contribution is 0.477. The van der Waals surface area contributed by atoms with Gasteiger partial charge in [-0.25, -0.2) is 15.0 Å². The molecule has 0 saturated carbocycles. The third kappa shape index (κ3) is 4.17. The maximum Gasteiger partial charge on any atom is 0.160 e. The summed E-state index contributed by atoms with van der Waals surface area (Å²) < 4.78 is 2.09. The summed E-state index contributed by atoms with van der Waals surface area (Å²) in [5.74, 6) is 1.61. The summed E-state index contributed by atoms with van der Waals surface area (Å²) in [6, 6.07) is 39.9. The lowest BCUT2D eigenvalue weighted by Crippen LogP contribution is -2.11. The van der Waals surface area contributed by atoms with E-state index in [1.165, 1.54) is 0 Å². The normalized spacial score (nSPS) is 11.2. The third-order valence-electron chi connectivity index (χ3n) is 6.63. The first-order valence-corrected chi connectivity index (χ1v) is 13.4. The van der Waals surface area contributed by atoms with E-state index in [-0.39, 0.29) is 5.75 Å². The average Bonchev–Trinajstić information content (AvgIpc) is 3.37. The fourth-order valence-electron chi connectivity index (χ4n) is 4.84. The molecule has 7 aromatic rings. The lowest BCUT2D eigenvalue weighted by Gasteiger charge is -2.24. The van der Waals surface area contributed by atoms with Gasteiger partial charge in [-0.15, -0.1) is 11.3 Å². The molecule has 0 aliphatic rings. The third-order valence-corrected chi connectivity index (χ3v) is 7.80. The van der Waals surface area contributed by atoms with Gasteiger partial charge in [0.05, 0.1) is 15.9 Å². The van der Waals surface area contributed by atoms with Crippen molar-refractivity contribution in [3.8, 4) is 28.4 Å². The first-order chi connectivity index (χ1) is 19.3. The zero-order chi connectivity index (χ0) is 26.2. The summed E-state index contributed by atoms with van der Waals surface area (Å²) in [6.45, 7) is 0. The highest BCUT2D eigenvalue weighted by Crippen LogP contribution is 2.42. The monoisotopic (exact) mass is 522 g/mol. The molecule has 0 radical (unpaired) electrons. The van der Waals surface area contributed by atoms with Gasteiger partial charge in [-0.2, -0.15) is 0 Å². The second-order valence-corrected chi connectivity index (χ2v) is 10.2. The van der Waals surface area contributed by atoms with Gasteiger partial charge in [0, 0.05) is 38.8 Å². The Hall–Kier alpha value is -5.07. The number of aromatic hydroxyl groups is 1. The van der Waals surface area contributed by atoms with Gasteiger partial charge in [0.15, 0.2) is 5.82 Å². The number of phenolic OH excluding ortho intramolecular Hbond substituents is 1. The second-order valence-electron chi connectivity index (χ2n) is 9.10. The van der Waals surface area contributed by atoms with Gasteiger partial charge in [0.2, 0.25) is 0 Å². The number of hydrogen-bond donors (Lipinski definition) is 1. The van der Waals surface area contributed by atoms with Crippen LogP contribution in [0.4, 0.5) is 17.2 Å². The van der Waals surface area contributed by atoms with Crippen LogP contribution in [0.15, 0.2) is 128 Å². The van der Waals surface area contributed by atoms with Crippen molar-refractivity contribution in [1.29, 1.82) is 0 Å². The van der Waals surface area contributed by atoms with E-state index < -0.39 is 0 Å². The topological polar surface area (TPSA) is 62.1 Å². The molecule has 3 heterocycles. The van der Waals surface area contributed by atoms with E-state index in [1.54, 1.807) is 23.6 Å². The van der Waals surface area contributed by atoms with Crippen molar-refractivity contribution in [2.75, 3.05) is 4.90 Å². The lowest BCUT2D eigenvalue weighted by atomic mass is 10.1. The van der Waals surface area contributed by atoms with Crippen LogP contribution in [0.25, 0.3) is 42.9 Å². The van der Waals surface area contributed by atoms with Crippen LogP contribution in [0.5, 0.6) is 5.75 Å². The van der Waals surface area contributed by atoms with Crippen LogP contribution in [-0.4, -0.2) is 20.1 Å². The Bertz CT molecular complexity index is 1900. The summed E-state index contributed by atoms with van der Waals surface area (Å²) >= 11 is 1.65. The molecule has 0 atom stereocenters. The van der Waals surface area contributed by atoms with E-state index in [0.717, 1.165) is 48.8 Å². The molecule has 0 amide bonds. The summed E-state index contributed by atoms with van der Waals surface area (Å²) in [7, 11) is 0. The molecule has 0 unspecified atom stereocenters. The number of pyridine rings is 1. The quantitative estimate of drug-likeness (QED) is 0.245. The minimum Gasteiger partial charge on any atom is -0.507 e. The van der Waals surface area contributed by atoms with Crippen molar-refractivity contribution in [3.63, 3.8) is 0 Å². The van der Waals surface area contributed by atoms with Crippen molar-refractivity contribution in [3.05, 3.63) is 128 Å². The molecule has 6 heteroatoms. The van der Waals surface area contributed by atoms with E-state index in [1.807, 2.05) is 78.9 Å². The molecule has 4 aromatic carbocycles. The summed E-state index contributed by atoms with van der Waals surface area (Å²) in [5.41, 5.74) is 5.12. The Morgan fingerprint density at radius 2 is 1.44 bits per heavy atom. The van der Waals surface area contributed by atoms with Gasteiger partial charge in [0.25, 0.3) is 0 Å². The maximum atomic E-state index is 10.8. The number of phenols is 1. The van der Waals surface area contributed by atoms with Crippen molar-refractivity contribution in [2.45, 2.75) is 0 Å². The number of thiophene rings is 1. The van der Waals surface area contributed by atoms with Crippen LogP contribution in [-0.2, 0) is 0 Å². The zero-order valence-electron chi connectivity index (χ0n) is 20.8. The van der Waals surface area contributed by atoms with E-state index in [9.17, 15) is 5.11 Å². The van der Waals surface area contributed by atoms with E-state index in [4.69, 9.17) is 9.97 Å². The molecule has 0 bridgehead atoms. The standard InChI is InChI=1S/C33H22N4OS/c38-27-17-6-4-15-25(27)30-32-31(26-16-5-7-18-28(26)39-32)36-33(35-30)22-11-10-14-24(21-22)37(23-12-2-1-3-13-23)29-19-8-9-20-34-29/h1-21,38H. The van der Waals surface area contributed by atoms with Crippen LogP contribution in [0.1, 0.15) is 0 Å². The summed E-state index contributed by atoms with van der Waals surface area (Å²) in [6.07, 6.45) is 1.80. The van der Waals surface area contributed by atoms with E-state index >= 15 is 0 Å². The van der Waals surface area contributed by atoms with Gasteiger partial charge < -0.3 is 5.11 Å². The Morgan fingerprint density at radius 3 is 2.28 bits per heavy atom. The molecule has 5 nitrogen and oxygen atoms in total. The molecule has 0 fully saturated rings. The molecular weight excluding hydrogens is 500 g/mol. The predicted molar refractivity (Wildman–Crippen MR) is 160 cm³/mol. The minimum atomic E-state index is 0.195. The van der Waals surface area contributed by atoms with E-state index in [0.29, 0.717) is 11.4 Å². The summed E-state index contributed by atoms with van der Waals surface area (Å²) in [5, 5.41) is 11.8. The van der Waals surface area contributed by atoms with Gasteiger partial charge in [-0.05, 0) is 54.6 Å². The zero-order valence-corrected chi connectivity index (χ0v) is 21.6. The molecule has 3 aromatic heterocycles. The first kappa shape index (κ1) is 23.1. The predicted octanol–water partition coefficient (Wildman–Crippen LogP) is 8.75. The second kappa shape index (κ2) is 9.67. The van der Waals surface area contributed by atoms with E-state index in [2.05, 4.69) is 46.3 Å². The van der Waals surface area contributed by atoms with Crippen molar-refractivity contribution in [1.82, 2.24) is 15.0 Å². The van der Waals surface area contributed by atoms with Gasteiger partial charge in [-0.3, -0.25) is 4.90 Å². The highest BCUT2D eigenvalue weighted by Gasteiger charge is 2.19. The number of benzene rings is 4.